The molecular formula is C17H20N2. The molecule has 0 radical (unpaired) electrons. The van der Waals surface area contributed by atoms with Gasteiger partial charge in [0.05, 0.1) is 11.6 Å². The normalized spacial score (nSPS) is 18.3. The molecule has 0 bridgehead atoms. The molecule has 1 aromatic rings. The molecular weight excluding hydrogens is 232 g/mol. The first-order valence-electron chi connectivity index (χ1n) is 6.57. The number of rotatable bonds is 2. The predicted octanol–water partition coefficient (Wildman–Crippen LogP) is 3.99. The van der Waals surface area contributed by atoms with E-state index in [1.165, 1.54) is 16.7 Å². The molecule has 1 unspecified atom stereocenters. The maximum Gasteiger partial charge on any atom is 0.0998 e. The number of hydrogen-bond donors (Lipinski definition) is 0. The van der Waals surface area contributed by atoms with Crippen LogP contribution in [0.25, 0.3) is 5.57 Å². The Morgan fingerprint density at radius 2 is 1.89 bits per heavy atom. The molecule has 0 aromatic heterocycles. The highest BCUT2D eigenvalue weighted by atomic mass is 15.1. The first-order chi connectivity index (χ1) is 8.95. The lowest BCUT2D eigenvalue weighted by molar-refractivity contribution is 0.974. The molecule has 0 saturated heterocycles. The highest BCUT2D eigenvalue weighted by Gasteiger charge is 2.21. The maximum absolute atomic E-state index is 9.42. The summed E-state index contributed by atoms with van der Waals surface area (Å²) in [4.78, 5) is 2.02. The standard InChI is InChI=1S/C17H20N2/c1-11-8-12(2)17(13(11)3)16-7-6-15(19(4)5)9-14(16)10-18/h6-9,12H,1-5H3. The molecule has 0 amide bonds. The van der Waals surface area contributed by atoms with Crippen LogP contribution in [-0.4, -0.2) is 14.1 Å². The predicted molar refractivity (Wildman–Crippen MR) is 81.0 cm³/mol. The highest BCUT2D eigenvalue weighted by molar-refractivity contribution is 5.81. The Labute approximate surface area is 115 Å². The second kappa shape index (κ2) is 4.93. The van der Waals surface area contributed by atoms with Gasteiger partial charge >= 0.3 is 0 Å². The quantitative estimate of drug-likeness (QED) is 0.795. The second-order valence-electron chi connectivity index (χ2n) is 5.41. The molecule has 2 heteroatoms. The van der Waals surface area contributed by atoms with E-state index < -0.39 is 0 Å². The lowest BCUT2D eigenvalue weighted by atomic mass is 9.91. The third-order valence-electron chi connectivity index (χ3n) is 3.88. The Hall–Kier alpha value is -2.01. The number of nitriles is 1. The Morgan fingerprint density at radius 3 is 2.37 bits per heavy atom. The van der Waals surface area contributed by atoms with Gasteiger partial charge in [0.2, 0.25) is 0 Å². The second-order valence-corrected chi connectivity index (χ2v) is 5.41. The number of benzene rings is 1. The van der Waals surface area contributed by atoms with Gasteiger partial charge in [-0.3, -0.25) is 0 Å². The minimum atomic E-state index is 0.386. The molecule has 0 heterocycles. The Morgan fingerprint density at radius 1 is 1.21 bits per heavy atom. The molecule has 1 aliphatic carbocycles. The Bertz CT molecular complexity index is 613. The molecule has 1 aliphatic rings. The van der Waals surface area contributed by atoms with Crippen LogP contribution in [0.2, 0.25) is 0 Å². The van der Waals surface area contributed by atoms with Gasteiger partial charge in [0.15, 0.2) is 0 Å². The molecule has 0 fully saturated rings. The van der Waals surface area contributed by atoms with E-state index in [0.717, 1.165) is 16.8 Å². The molecule has 0 aliphatic heterocycles. The van der Waals surface area contributed by atoms with Crippen molar-refractivity contribution < 1.29 is 0 Å². The first-order valence-corrected chi connectivity index (χ1v) is 6.57. The summed E-state index contributed by atoms with van der Waals surface area (Å²) in [5.41, 5.74) is 6.82. The molecule has 1 atom stereocenters. The van der Waals surface area contributed by atoms with Gasteiger partial charge in [-0.1, -0.05) is 24.6 Å². The minimum absolute atomic E-state index is 0.386. The fraction of sp³-hybridized carbons (Fsp3) is 0.353. The van der Waals surface area contributed by atoms with E-state index in [-0.39, 0.29) is 0 Å². The summed E-state index contributed by atoms with van der Waals surface area (Å²) in [7, 11) is 3.98. The van der Waals surface area contributed by atoms with E-state index in [1.54, 1.807) is 0 Å². The largest absolute Gasteiger partial charge is 0.378 e. The molecule has 19 heavy (non-hydrogen) atoms. The van der Waals surface area contributed by atoms with Crippen molar-refractivity contribution in [3.8, 4) is 6.07 Å². The molecule has 98 valence electrons. The fourth-order valence-corrected chi connectivity index (χ4v) is 2.72. The van der Waals surface area contributed by atoms with Crippen molar-refractivity contribution >= 4 is 11.3 Å². The van der Waals surface area contributed by atoms with Gasteiger partial charge in [0, 0.05) is 25.7 Å². The summed E-state index contributed by atoms with van der Waals surface area (Å²) in [5, 5.41) is 9.42. The first kappa shape index (κ1) is 13.4. The van der Waals surface area contributed by atoms with Crippen LogP contribution >= 0.6 is 0 Å². The van der Waals surface area contributed by atoms with Gasteiger partial charge in [0.25, 0.3) is 0 Å². The average molecular weight is 252 g/mol. The highest BCUT2D eigenvalue weighted by Crippen LogP contribution is 2.39. The van der Waals surface area contributed by atoms with E-state index in [1.807, 2.05) is 25.1 Å². The number of allylic oxidation sites excluding steroid dienone is 4. The van der Waals surface area contributed by atoms with Crippen LogP contribution in [-0.2, 0) is 0 Å². The Balaban J connectivity index is 2.57. The summed E-state index contributed by atoms with van der Waals surface area (Å²) < 4.78 is 0. The van der Waals surface area contributed by atoms with E-state index in [2.05, 4.69) is 45.0 Å². The van der Waals surface area contributed by atoms with Crippen LogP contribution in [0, 0.1) is 17.2 Å². The van der Waals surface area contributed by atoms with Crippen LogP contribution in [0.4, 0.5) is 5.69 Å². The van der Waals surface area contributed by atoms with Gasteiger partial charge in [-0.15, -0.1) is 0 Å². The van der Waals surface area contributed by atoms with E-state index in [0.29, 0.717) is 5.92 Å². The van der Waals surface area contributed by atoms with Gasteiger partial charge in [-0.2, -0.15) is 5.26 Å². The monoisotopic (exact) mass is 252 g/mol. The summed E-state index contributed by atoms with van der Waals surface area (Å²) in [6.07, 6.45) is 2.27. The van der Waals surface area contributed by atoms with E-state index >= 15 is 0 Å². The van der Waals surface area contributed by atoms with Crippen molar-refractivity contribution in [3.05, 3.63) is 46.5 Å². The smallest absolute Gasteiger partial charge is 0.0998 e. The molecule has 0 saturated carbocycles. The zero-order chi connectivity index (χ0) is 14.2. The van der Waals surface area contributed by atoms with Crippen LogP contribution in [0.3, 0.4) is 0 Å². The third-order valence-corrected chi connectivity index (χ3v) is 3.88. The van der Waals surface area contributed by atoms with Crippen molar-refractivity contribution in [2.75, 3.05) is 19.0 Å². The van der Waals surface area contributed by atoms with Crippen LogP contribution < -0.4 is 4.90 Å². The molecule has 2 nitrogen and oxygen atoms in total. The summed E-state index contributed by atoms with van der Waals surface area (Å²) >= 11 is 0. The lowest BCUT2D eigenvalue weighted by Crippen LogP contribution is -2.09. The van der Waals surface area contributed by atoms with Gasteiger partial charge in [-0.25, -0.2) is 0 Å². The zero-order valence-electron chi connectivity index (χ0n) is 12.3. The maximum atomic E-state index is 9.42. The summed E-state index contributed by atoms with van der Waals surface area (Å²) in [5.74, 6) is 0.386. The fourth-order valence-electron chi connectivity index (χ4n) is 2.72. The third kappa shape index (κ3) is 2.29. The zero-order valence-corrected chi connectivity index (χ0v) is 12.3. The number of nitrogens with zero attached hydrogens (tertiary/aromatic N) is 2. The van der Waals surface area contributed by atoms with Crippen LogP contribution in [0.1, 0.15) is 31.9 Å². The van der Waals surface area contributed by atoms with Crippen molar-refractivity contribution in [2.24, 2.45) is 5.92 Å². The summed E-state index contributed by atoms with van der Waals surface area (Å²) in [6, 6.07) is 8.47. The van der Waals surface area contributed by atoms with Crippen LogP contribution in [0.5, 0.6) is 0 Å². The van der Waals surface area contributed by atoms with Crippen molar-refractivity contribution in [1.29, 1.82) is 5.26 Å². The molecule has 2 rings (SSSR count). The minimum Gasteiger partial charge on any atom is -0.378 e. The summed E-state index contributed by atoms with van der Waals surface area (Å²) in [6.45, 7) is 6.47. The van der Waals surface area contributed by atoms with Gasteiger partial charge < -0.3 is 4.90 Å². The van der Waals surface area contributed by atoms with E-state index in [9.17, 15) is 5.26 Å². The van der Waals surface area contributed by atoms with Crippen molar-refractivity contribution in [3.63, 3.8) is 0 Å². The molecule has 0 N–H and O–H groups in total. The van der Waals surface area contributed by atoms with Gasteiger partial charge in [0.1, 0.15) is 0 Å². The lowest BCUT2D eigenvalue weighted by Gasteiger charge is -2.17. The molecule has 0 spiro atoms. The average Bonchev–Trinajstić information content (AvgIpc) is 2.62. The number of anilines is 1. The van der Waals surface area contributed by atoms with E-state index in [4.69, 9.17) is 0 Å². The van der Waals surface area contributed by atoms with Crippen molar-refractivity contribution in [1.82, 2.24) is 0 Å². The van der Waals surface area contributed by atoms with Crippen LogP contribution in [0.15, 0.2) is 35.4 Å². The Kier molecular flexibility index (Phi) is 3.48. The SMILES string of the molecule is CC1=CC(C)C(c2ccc(N(C)C)cc2C#N)=C1C. The topological polar surface area (TPSA) is 27.0 Å². The van der Waals surface area contributed by atoms with Gasteiger partial charge in [-0.05, 0) is 42.7 Å². The number of hydrogen-bond acceptors (Lipinski definition) is 2. The molecule has 1 aromatic carbocycles. The van der Waals surface area contributed by atoms with Crippen molar-refractivity contribution in [2.45, 2.75) is 20.8 Å².